The molecular formula is C17H24N2O3S. The van der Waals surface area contributed by atoms with E-state index in [1.807, 2.05) is 18.2 Å². The molecule has 2 atom stereocenters. The van der Waals surface area contributed by atoms with Gasteiger partial charge < -0.3 is 10.6 Å². The first kappa shape index (κ1) is 16.5. The Bertz CT molecular complexity index is 646. The van der Waals surface area contributed by atoms with E-state index in [0.29, 0.717) is 24.0 Å². The van der Waals surface area contributed by atoms with E-state index >= 15 is 0 Å². The van der Waals surface area contributed by atoms with Crippen LogP contribution >= 0.6 is 0 Å². The molecule has 0 aliphatic carbocycles. The molecule has 2 aliphatic heterocycles. The largest absolute Gasteiger partial charge is 0.369 e. The second kappa shape index (κ2) is 6.61. The lowest BCUT2D eigenvalue weighted by Crippen LogP contribution is -2.34. The van der Waals surface area contributed by atoms with E-state index in [1.54, 1.807) is 0 Å². The third-order valence-electron chi connectivity index (χ3n) is 5.18. The molecule has 2 fully saturated rings. The van der Waals surface area contributed by atoms with Crippen LogP contribution in [0.25, 0.3) is 0 Å². The zero-order valence-electron chi connectivity index (χ0n) is 13.2. The van der Waals surface area contributed by atoms with Crippen molar-refractivity contribution in [1.82, 2.24) is 4.90 Å². The third-order valence-corrected chi connectivity index (χ3v) is 6.89. The average molecular weight is 336 g/mol. The lowest BCUT2D eigenvalue weighted by Gasteiger charge is -2.26. The first-order chi connectivity index (χ1) is 10.9. The van der Waals surface area contributed by atoms with Crippen LogP contribution in [0.1, 0.15) is 24.3 Å². The summed E-state index contributed by atoms with van der Waals surface area (Å²) in [6, 6.07) is 10.1. The van der Waals surface area contributed by atoms with Crippen LogP contribution in [0, 0.1) is 11.8 Å². The maximum atomic E-state index is 11.8. The van der Waals surface area contributed by atoms with E-state index in [1.165, 1.54) is 0 Å². The fraction of sp³-hybridized carbons (Fsp3) is 0.588. The van der Waals surface area contributed by atoms with Crippen LogP contribution < -0.4 is 5.73 Å². The van der Waals surface area contributed by atoms with Gasteiger partial charge in [-0.3, -0.25) is 4.79 Å². The highest BCUT2D eigenvalue weighted by molar-refractivity contribution is 7.91. The van der Waals surface area contributed by atoms with E-state index in [-0.39, 0.29) is 17.7 Å². The number of sulfone groups is 1. The smallest absolute Gasteiger partial charge is 0.222 e. The molecule has 2 heterocycles. The number of primary amides is 1. The van der Waals surface area contributed by atoms with Crippen LogP contribution in [0.3, 0.4) is 0 Å². The normalized spacial score (nSPS) is 28.7. The first-order valence-electron chi connectivity index (χ1n) is 8.21. The topological polar surface area (TPSA) is 80.5 Å². The summed E-state index contributed by atoms with van der Waals surface area (Å²) in [7, 11) is -2.82. The molecule has 0 spiro atoms. The Morgan fingerprint density at radius 3 is 2.39 bits per heavy atom. The van der Waals surface area contributed by atoms with Crippen molar-refractivity contribution >= 4 is 15.7 Å². The second-order valence-electron chi connectivity index (χ2n) is 6.84. The number of amides is 1. The summed E-state index contributed by atoms with van der Waals surface area (Å²) in [6.45, 7) is 2.36. The molecule has 1 aromatic rings. The van der Waals surface area contributed by atoms with Crippen LogP contribution in [0.2, 0.25) is 0 Å². The molecule has 6 heteroatoms. The van der Waals surface area contributed by atoms with Gasteiger partial charge in [-0.2, -0.15) is 0 Å². The van der Waals surface area contributed by atoms with Crippen molar-refractivity contribution in [1.29, 1.82) is 0 Å². The Morgan fingerprint density at radius 1 is 1.13 bits per heavy atom. The molecule has 0 unspecified atom stereocenters. The van der Waals surface area contributed by atoms with E-state index in [2.05, 4.69) is 17.0 Å². The van der Waals surface area contributed by atoms with E-state index in [0.717, 1.165) is 31.5 Å². The van der Waals surface area contributed by atoms with Crippen molar-refractivity contribution in [3.63, 3.8) is 0 Å². The Labute approximate surface area is 137 Å². The number of nitrogens with zero attached hydrogens (tertiary/aromatic N) is 1. The van der Waals surface area contributed by atoms with Crippen LogP contribution in [0.15, 0.2) is 30.3 Å². The first-order valence-corrected chi connectivity index (χ1v) is 10.0. The van der Waals surface area contributed by atoms with Crippen molar-refractivity contribution in [2.75, 3.05) is 31.1 Å². The molecule has 1 aromatic carbocycles. The maximum absolute atomic E-state index is 11.8. The van der Waals surface area contributed by atoms with Crippen molar-refractivity contribution in [2.45, 2.75) is 18.8 Å². The average Bonchev–Trinajstić information content (AvgIpc) is 2.94. The molecule has 2 saturated heterocycles. The van der Waals surface area contributed by atoms with Gasteiger partial charge in [0.2, 0.25) is 5.91 Å². The molecular weight excluding hydrogens is 312 g/mol. The minimum atomic E-state index is -2.82. The van der Waals surface area contributed by atoms with Crippen molar-refractivity contribution in [2.24, 2.45) is 17.6 Å². The number of carbonyl (C=O) groups excluding carboxylic acids is 1. The van der Waals surface area contributed by atoms with Crippen molar-refractivity contribution in [3.05, 3.63) is 35.9 Å². The standard InChI is InChI=1S/C17H24N2O3S/c18-17(20)16-12-19(10-13-6-8-23(21,22)9-7-13)11-15(16)14-4-2-1-3-5-14/h1-5,13,15-16H,6-12H2,(H2,18,20)/t15-,16+/m0/s1. The number of likely N-dealkylation sites (tertiary alicyclic amines) is 1. The molecule has 0 radical (unpaired) electrons. The fourth-order valence-electron chi connectivity index (χ4n) is 3.85. The number of rotatable bonds is 4. The van der Waals surface area contributed by atoms with Crippen molar-refractivity contribution < 1.29 is 13.2 Å². The number of nitrogens with two attached hydrogens (primary N) is 1. The second-order valence-corrected chi connectivity index (χ2v) is 9.14. The van der Waals surface area contributed by atoms with Gasteiger partial charge in [0.05, 0.1) is 17.4 Å². The van der Waals surface area contributed by atoms with Crippen LogP contribution in [0.5, 0.6) is 0 Å². The van der Waals surface area contributed by atoms with Gasteiger partial charge in [-0.15, -0.1) is 0 Å². The lowest BCUT2D eigenvalue weighted by atomic mass is 9.89. The summed E-state index contributed by atoms with van der Waals surface area (Å²) in [6.07, 6.45) is 1.46. The third kappa shape index (κ3) is 3.93. The minimum Gasteiger partial charge on any atom is -0.369 e. The number of hydrogen-bond donors (Lipinski definition) is 1. The Balaban J connectivity index is 1.65. The van der Waals surface area contributed by atoms with Gasteiger partial charge >= 0.3 is 0 Å². The van der Waals surface area contributed by atoms with E-state index in [9.17, 15) is 13.2 Å². The van der Waals surface area contributed by atoms with Gasteiger partial charge in [0.25, 0.3) is 0 Å². The highest BCUT2D eigenvalue weighted by Crippen LogP contribution is 2.33. The molecule has 1 amide bonds. The monoisotopic (exact) mass is 336 g/mol. The van der Waals surface area contributed by atoms with Gasteiger partial charge in [-0.25, -0.2) is 8.42 Å². The summed E-state index contributed by atoms with van der Waals surface area (Å²) in [4.78, 5) is 14.1. The van der Waals surface area contributed by atoms with Gasteiger partial charge in [-0.1, -0.05) is 30.3 Å². The summed E-state index contributed by atoms with van der Waals surface area (Å²) >= 11 is 0. The fourth-order valence-corrected chi connectivity index (χ4v) is 5.44. The zero-order valence-corrected chi connectivity index (χ0v) is 14.0. The number of carbonyl (C=O) groups is 1. The van der Waals surface area contributed by atoms with Crippen LogP contribution in [-0.4, -0.2) is 50.4 Å². The summed E-state index contributed by atoms with van der Waals surface area (Å²) in [5, 5.41) is 0. The molecule has 2 aliphatic rings. The zero-order chi connectivity index (χ0) is 16.4. The highest BCUT2D eigenvalue weighted by Gasteiger charge is 2.38. The molecule has 0 saturated carbocycles. The van der Waals surface area contributed by atoms with Gasteiger partial charge in [0, 0.05) is 25.6 Å². The Hall–Kier alpha value is -1.40. The maximum Gasteiger partial charge on any atom is 0.222 e. The van der Waals surface area contributed by atoms with Crippen molar-refractivity contribution in [3.8, 4) is 0 Å². The molecule has 3 rings (SSSR count). The van der Waals surface area contributed by atoms with Gasteiger partial charge in [-0.05, 0) is 24.3 Å². The lowest BCUT2D eigenvalue weighted by molar-refractivity contribution is -0.121. The van der Waals surface area contributed by atoms with E-state index in [4.69, 9.17) is 5.73 Å². The molecule has 5 nitrogen and oxygen atoms in total. The Kier molecular flexibility index (Phi) is 4.73. The SMILES string of the molecule is NC(=O)[C@@H]1CN(CC2CCS(=O)(=O)CC2)C[C@H]1c1ccccc1. The molecule has 2 N–H and O–H groups in total. The molecule has 23 heavy (non-hydrogen) atoms. The predicted octanol–water partition coefficient (Wildman–Crippen LogP) is 1.01. The molecule has 126 valence electrons. The quantitative estimate of drug-likeness (QED) is 0.890. The minimum absolute atomic E-state index is 0.140. The van der Waals surface area contributed by atoms with Gasteiger partial charge in [0.1, 0.15) is 9.84 Å². The molecule has 0 bridgehead atoms. The summed E-state index contributed by atoms with van der Waals surface area (Å²) < 4.78 is 23.1. The highest BCUT2D eigenvalue weighted by atomic mass is 32.2. The summed E-state index contributed by atoms with van der Waals surface area (Å²) in [5.74, 6) is 0.736. The predicted molar refractivity (Wildman–Crippen MR) is 89.7 cm³/mol. The molecule has 0 aromatic heterocycles. The van der Waals surface area contributed by atoms with Crippen LogP contribution in [-0.2, 0) is 14.6 Å². The summed E-state index contributed by atoms with van der Waals surface area (Å²) in [5.41, 5.74) is 6.77. The van der Waals surface area contributed by atoms with Crippen LogP contribution in [0.4, 0.5) is 0 Å². The van der Waals surface area contributed by atoms with E-state index < -0.39 is 9.84 Å². The van der Waals surface area contributed by atoms with Gasteiger partial charge in [0.15, 0.2) is 0 Å². The number of hydrogen-bond acceptors (Lipinski definition) is 4. The Morgan fingerprint density at radius 2 is 1.78 bits per heavy atom. The number of benzene rings is 1.